The number of aryl methyl sites for hydroxylation is 1. The van der Waals surface area contributed by atoms with Gasteiger partial charge >= 0.3 is 0 Å². The molecule has 1 amide bonds. The minimum Gasteiger partial charge on any atom is -0.326 e. The van der Waals surface area contributed by atoms with Crippen LogP contribution in [0.1, 0.15) is 12.5 Å². The number of rotatable bonds is 3. The Morgan fingerprint density at radius 2 is 2.24 bits per heavy atom. The summed E-state index contributed by atoms with van der Waals surface area (Å²) in [5.41, 5.74) is 1.11. The Hall–Kier alpha value is -1.42. The van der Waals surface area contributed by atoms with Crippen molar-refractivity contribution in [1.82, 2.24) is 5.32 Å². The second-order valence-electron chi connectivity index (χ2n) is 4.66. The van der Waals surface area contributed by atoms with Gasteiger partial charge in [-0.3, -0.25) is 4.79 Å². The lowest BCUT2D eigenvalue weighted by molar-refractivity contribution is -0.121. The molecule has 1 saturated heterocycles. The largest absolute Gasteiger partial charge is 0.326 e. The fourth-order valence-corrected chi connectivity index (χ4v) is 1.81. The summed E-state index contributed by atoms with van der Waals surface area (Å²) in [6, 6.07) is 4.75. The van der Waals surface area contributed by atoms with Crippen LogP contribution in [0.3, 0.4) is 0 Å². The first-order valence-electron chi connectivity index (χ1n) is 5.85. The Kier molecular flexibility index (Phi) is 3.43. The predicted molar refractivity (Wildman–Crippen MR) is 65.3 cm³/mol. The van der Waals surface area contributed by atoms with Crippen LogP contribution in [0.5, 0.6) is 0 Å². The van der Waals surface area contributed by atoms with E-state index in [0.29, 0.717) is 17.2 Å². The maximum atomic E-state index is 13.3. The lowest BCUT2D eigenvalue weighted by Crippen LogP contribution is -2.48. The highest BCUT2D eigenvalue weighted by Gasteiger charge is 2.28. The van der Waals surface area contributed by atoms with Crippen LogP contribution < -0.4 is 10.6 Å². The third-order valence-corrected chi connectivity index (χ3v) is 3.37. The van der Waals surface area contributed by atoms with E-state index in [1.54, 1.807) is 19.1 Å². The fraction of sp³-hybridized carbons (Fsp3) is 0.462. The first-order valence-corrected chi connectivity index (χ1v) is 5.85. The quantitative estimate of drug-likeness (QED) is 0.842. The Bertz CT molecular complexity index is 429. The molecule has 0 spiro atoms. The van der Waals surface area contributed by atoms with Crippen molar-refractivity contribution in [2.24, 2.45) is 11.8 Å². The van der Waals surface area contributed by atoms with Gasteiger partial charge in [0.2, 0.25) is 5.91 Å². The van der Waals surface area contributed by atoms with Crippen LogP contribution in [0, 0.1) is 24.6 Å². The second kappa shape index (κ2) is 4.84. The summed E-state index contributed by atoms with van der Waals surface area (Å²) in [7, 11) is 0. The van der Waals surface area contributed by atoms with Gasteiger partial charge in [-0.15, -0.1) is 0 Å². The summed E-state index contributed by atoms with van der Waals surface area (Å²) in [6.45, 7) is 5.38. The van der Waals surface area contributed by atoms with Crippen molar-refractivity contribution in [3.05, 3.63) is 29.6 Å². The van der Waals surface area contributed by atoms with Gasteiger partial charge in [0, 0.05) is 11.6 Å². The number of nitrogens with one attached hydrogen (secondary N) is 2. The summed E-state index contributed by atoms with van der Waals surface area (Å²) in [5.74, 6) is 0.0198. The summed E-state index contributed by atoms with van der Waals surface area (Å²) in [6.07, 6.45) is 0. The topological polar surface area (TPSA) is 41.1 Å². The van der Waals surface area contributed by atoms with Crippen LogP contribution in [0.2, 0.25) is 0 Å². The summed E-state index contributed by atoms with van der Waals surface area (Å²) in [4.78, 5) is 11.9. The Morgan fingerprint density at radius 1 is 1.53 bits per heavy atom. The third-order valence-electron chi connectivity index (χ3n) is 3.37. The van der Waals surface area contributed by atoms with Gasteiger partial charge < -0.3 is 10.6 Å². The molecule has 17 heavy (non-hydrogen) atoms. The lowest BCUT2D eigenvalue weighted by atomic mass is 9.88. The zero-order valence-electron chi connectivity index (χ0n) is 10.1. The van der Waals surface area contributed by atoms with Gasteiger partial charge in [0.25, 0.3) is 0 Å². The molecule has 1 aliphatic heterocycles. The number of halogens is 1. The molecule has 1 aliphatic rings. The van der Waals surface area contributed by atoms with E-state index in [4.69, 9.17) is 0 Å². The highest BCUT2D eigenvalue weighted by molar-refractivity contribution is 5.92. The monoisotopic (exact) mass is 236 g/mol. The van der Waals surface area contributed by atoms with E-state index in [-0.39, 0.29) is 17.6 Å². The van der Waals surface area contributed by atoms with E-state index >= 15 is 0 Å². The van der Waals surface area contributed by atoms with Crippen molar-refractivity contribution in [2.45, 2.75) is 13.8 Å². The molecule has 4 heteroatoms. The molecule has 1 aromatic rings. The molecule has 1 atom stereocenters. The third kappa shape index (κ3) is 2.64. The van der Waals surface area contributed by atoms with Gasteiger partial charge in [0.05, 0.1) is 0 Å². The van der Waals surface area contributed by atoms with Gasteiger partial charge in [0.1, 0.15) is 5.82 Å². The molecular weight excluding hydrogens is 219 g/mol. The van der Waals surface area contributed by atoms with Crippen molar-refractivity contribution in [3.63, 3.8) is 0 Å². The molecule has 1 fully saturated rings. The molecule has 3 nitrogen and oxygen atoms in total. The van der Waals surface area contributed by atoms with Crippen LogP contribution in [-0.4, -0.2) is 19.0 Å². The maximum Gasteiger partial charge on any atom is 0.227 e. The molecule has 1 heterocycles. The van der Waals surface area contributed by atoms with Gasteiger partial charge in [0.15, 0.2) is 0 Å². The first-order chi connectivity index (χ1) is 8.08. The van der Waals surface area contributed by atoms with E-state index in [1.165, 1.54) is 6.07 Å². The standard InChI is InChI=1S/C13H17FN2O/c1-8-3-4-11(5-12(8)14)16-13(17)9(2)10-6-15-7-10/h3-5,9-10,15H,6-7H2,1-2H3,(H,16,17). The van der Waals surface area contributed by atoms with Gasteiger partial charge in [-0.25, -0.2) is 4.39 Å². The average molecular weight is 236 g/mol. The van der Waals surface area contributed by atoms with Crippen molar-refractivity contribution >= 4 is 11.6 Å². The number of hydrogen-bond acceptors (Lipinski definition) is 2. The first kappa shape index (κ1) is 12.0. The van der Waals surface area contributed by atoms with Gasteiger partial charge in [-0.1, -0.05) is 13.0 Å². The number of carbonyl (C=O) groups excluding carboxylic acids is 1. The van der Waals surface area contributed by atoms with Gasteiger partial charge in [-0.05, 0) is 43.6 Å². The minimum atomic E-state index is -0.291. The molecule has 0 bridgehead atoms. The molecule has 1 unspecified atom stereocenters. The predicted octanol–water partition coefficient (Wildman–Crippen LogP) is 1.93. The summed E-state index contributed by atoms with van der Waals surface area (Å²) >= 11 is 0. The van der Waals surface area contributed by atoms with Crippen molar-refractivity contribution in [2.75, 3.05) is 18.4 Å². The molecular formula is C13H17FN2O. The molecule has 2 N–H and O–H groups in total. The molecule has 1 aromatic carbocycles. The lowest BCUT2D eigenvalue weighted by Gasteiger charge is -2.31. The van der Waals surface area contributed by atoms with E-state index in [2.05, 4.69) is 10.6 Å². The normalized spacial score (nSPS) is 17.4. The Labute approximate surface area is 100 Å². The van der Waals surface area contributed by atoms with Crippen molar-refractivity contribution in [1.29, 1.82) is 0 Å². The van der Waals surface area contributed by atoms with Crippen LogP contribution >= 0.6 is 0 Å². The smallest absolute Gasteiger partial charge is 0.227 e. The molecule has 0 saturated carbocycles. The highest BCUT2D eigenvalue weighted by Crippen LogP contribution is 2.19. The molecule has 0 aromatic heterocycles. The second-order valence-corrected chi connectivity index (χ2v) is 4.66. The molecule has 92 valence electrons. The number of amides is 1. The minimum absolute atomic E-state index is 0.0411. The number of carbonyl (C=O) groups is 1. The van der Waals surface area contributed by atoms with Crippen LogP contribution in [-0.2, 0) is 4.79 Å². The van der Waals surface area contributed by atoms with Crippen molar-refractivity contribution < 1.29 is 9.18 Å². The summed E-state index contributed by atoms with van der Waals surface area (Å²) in [5, 5.41) is 5.89. The van der Waals surface area contributed by atoms with Crippen molar-refractivity contribution in [3.8, 4) is 0 Å². The SMILES string of the molecule is Cc1ccc(NC(=O)C(C)C2CNC2)cc1F. The van der Waals surface area contributed by atoms with Crippen LogP contribution in [0.4, 0.5) is 10.1 Å². The number of anilines is 1. The van der Waals surface area contributed by atoms with E-state index in [0.717, 1.165) is 13.1 Å². The van der Waals surface area contributed by atoms with Gasteiger partial charge in [-0.2, -0.15) is 0 Å². The fourth-order valence-electron chi connectivity index (χ4n) is 1.81. The average Bonchev–Trinajstić information content (AvgIpc) is 2.21. The highest BCUT2D eigenvalue weighted by atomic mass is 19.1. The summed E-state index contributed by atoms with van der Waals surface area (Å²) < 4.78 is 13.3. The van der Waals surface area contributed by atoms with Crippen LogP contribution in [0.25, 0.3) is 0 Å². The number of benzene rings is 1. The Balaban J connectivity index is 1.99. The molecule has 0 aliphatic carbocycles. The van der Waals surface area contributed by atoms with E-state index < -0.39 is 0 Å². The molecule has 0 radical (unpaired) electrons. The van der Waals surface area contributed by atoms with E-state index in [1.807, 2.05) is 6.92 Å². The Morgan fingerprint density at radius 3 is 2.76 bits per heavy atom. The number of hydrogen-bond donors (Lipinski definition) is 2. The maximum absolute atomic E-state index is 13.3. The zero-order valence-corrected chi connectivity index (χ0v) is 10.1. The zero-order chi connectivity index (χ0) is 12.4. The van der Waals surface area contributed by atoms with Crippen LogP contribution in [0.15, 0.2) is 18.2 Å². The van der Waals surface area contributed by atoms with E-state index in [9.17, 15) is 9.18 Å². The molecule has 2 rings (SSSR count).